The second-order valence-electron chi connectivity index (χ2n) is 5.91. The Morgan fingerprint density at radius 1 is 1.25 bits per heavy atom. The van der Waals surface area contributed by atoms with E-state index in [2.05, 4.69) is 4.72 Å². The number of nitrogen functional groups attached to an aromatic ring is 1. The zero-order valence-corrected chi connectivity index (χ0v) is 13.3. The predicted molar refractivity (Wildman–Crippen MR) is 82.1 cm³/mol. The van der Waals surface area contributed by atoms with Crippen molar-refractivity contribution in [3.8, 4) is 0 Å². The van der Waals surface area contributed by atoms with Gasteiger partial charge in [0.1, 0.15) is 0 Å². The molecule has 0 aliphatic heterocycles. The van der Waals surface area contributed by atoms with Crippen LogP contribution < -0.4 is 10.5 Å². The van der Waals surface area contributed by atoms with Crippen molar-refractivity contribution in [2.45, 2.75) is 57.4 Å². The average molecular weight is 296 g/mol. The second kappa shape index (κ2) is 5.74. The molecule has 0 aromatic heterocycles. The first-order chi connectivity index (χ1) is 9.31. The maximum atomic E-state index is 12.4. The fourth-order valence-corrected chi connectivity index (χ4v) is 4.31. The quantitative estimate of drug-likeness (QED) is 0.839. The first kappa shape index (κ1) is 15.3. The number of rotatable bonds is 4. The van der Waals surface area contributed by atoms with E-state index in [1.807, 2.05) is 20.8 Å². The first-order valence-corrected chi connectivity index (χ1v) is 8.68. The Balaban J connectivity index is 2.21. The van der Waals surface area contributed by atoms with E-state index >= 15 is 0 Å². The number of sulfonamides is 1. The van der Waals surface area contributed by atoms with Crippen molar-refractivity contribution in [3.63, 3.8) is 0 Å². The van der Waals surface area contributed by atoms with Gasteiger partial charge in [0, 0.05) is 11.7 Å². The summed E-state index contributed by atoms with van der Waals surface area (Å²) in [4.78, 5) is 0.267. The Hall–Kier alpha value is -1.07. The molecule has 1 aliphatic carbocycles. The van der Waals surface area contributed by atoms with Crippen LogP contribution in [0, 0.1) is 19.8 Å². The molecule has 1 unspecified atom stereocenters. The predicted octanol–water partition coefficient (Wildman–Crippen LogP) is 2.74. The summed E-state index contributed by atoms with van der Waals surface area (Å²) in [5.41, 5.74) is 8.25. The van der Waals surface area contributed by atoms with Gasteiger partial charge in [-0.3, -0.25) is 0 Å². The van der Waals surface area contributed by atoms with E-state index in [-0.39, 0.29) is 10.9 Å². The van der Waals surface area contributed by atoms with Gasteiger partial charge in [-0.25, -0.2) is 13.1 Å². The number of anilines is 1. The highest BCUT2D eigenvalue weighted by Gasteiger charge is 2.26. The Morgan fingerprint density at radius 3 is 2.40 bits per heavy atom. The molecule has 1 aromatic carbocycles. The summed E-state index contributed by atoms with van der Waals surface area (Å²) >= 11 is 0. The van der Waals surface area contributed by atoms with Crippen molar-refractivity contribution in [1.82, 2.24) is 4.72 Å². The lowest BCUT2D eigenvalue weighted by Crippen LogP contribution is -2.37. The Morgan fingerprint density at radius 2 is 1.85 bits per heavy atom. The summed E-state index contributed by atoms with van der Waals surface area (Å²) in [6.07, 6.45) is 4.62. The van der Waals surface area contributed by atoms with Crippen LogP contribution in [-0.2, 0) is 10.0 Å². The largest absolute Gasteiger partial charge is 0.398 e. The number of hydrogen-bond donors (Lipinski definition) is 2. The highest BCUT2D eigenvalue weighted by molar-refractivity contribution is 7.89. The van der Waals surface area contributed by atoms with Crippen LogP contribution in [-0.4, -0.2) is 14.5 Å². The second-order valence-corrected chi connectivity index (χ2v) is 7.62. The monoisotopic (exact) mass is 296 g/mol. The smallest absolute Gasteiger partial charge is 0.240 e. The highest BCUT2D eigenvalue weighted by Crippen LogP contribution is 2.29. The number of nitrogens with one attached hydrogen (secondary N) is 1. The maximum Gasteiger partial charge on any atom is 0.240 e. The number of aryl methyl sites for hydroxylation is 1. The zero-order chi connectivity index (χ0) is 14.9. The third-order valence-corrected chi connectivity index (χ3v) is 5.98. The topological polar surface area (TPSA) is 72.2 Å². The van der Waals surface area contributed by atoms with Crippen LogP contribution in [0.3, 0.4) is 0 Å². The summed E-state index contributed by atoms with van der Waals surface area (Å²) in [5, 5.41) is 0. The summed E-state index contributed by atoms with van der Waals surface area (Å²) in [5.74, 6) is 0.452. The van der Waals surface area contributed by atoms with Crippen LogP contribution >= 0.6 is 0 Å². The van der Waals surface area contributed by atoms with Crippen LogP contribution in [0.2, 0.25) is 0 Å². The zero-order valence-electron chi connectivity index (χ0n) is 12.4. The van der Waals surface area contributed by atoms with E-state index in [4.69, 9.17) is 5.73 Å². The van der Waals surface area contributed by atoms with E-state index in [0.717, 1.165) is 24.0 Å². The van der Waals surface area contributed by atoms with Crippen LogP contribution in [0.15, 0.2) is 17.0 Å². The molecule has 0 saturated heterocycles. The van der Waals surface area contributed by atoms with E-state index in [9.17, 15) is 8.42 Å². The van der Waals surface area contributed by atoms with Crippen molar-refractivity contribution in [2.75, 3.05) is 5.73 Å². The van der Waals surface area contributed by atoms with Crippen LogP contribution in [0.5, 0.6) is 0 Å². The van der Waals surface area contributed by atoms with Gasteiger partial charge in [-0.1, -0.05) is 12.8 Å². The van der Waals surface area contributed by atoms with Gasteiger partial charge in [-0.2, -0.15) is 0 Å². The Labute approximate surface area is 121 Å². The van der Waals surface area contributed by atoms with Gasteiger partial charge < -0.3 is 5.73 Å². The van der Waals surface area contributed by atoms with Crippen molar-refractivity contribution in [1.29, 1.82) is 0 Å². The van der Waals surface area contributed by atoms with Gasteiger partial charge in [0.2, 0.25) is 10.0 Å². The van der Waals surface area contributed by atoms with E-state index in [1.165, 1.54) is 12.8 Å². The Kier molecular flexibility index (Phi) is 4.39. The molecule has 1 saturated carbocycles. The molecule has 1 fully saturated rings. The minimum Gasteiger partial charge on any atom is -0.398 e. The summed E-state index contributed by atoms with van der Waals surface area (Å²) < 4.78 is 27.7. The van der Waals surface area contributed by atoms with Gasteiger partial charge in [0.25, 0.3) is 0 Å². The lowest BCUT2D eigenvalue weighted by molar-refractivity contribution is 0.424. The molecule has 0 radical (unpaired) electrons. The molecule has 1 aliphatic rings. The molecule has 3 N–H and O–H groups in total. The van der Waals surface area contributed by atoms with Gasteiger partial charge in [-0.05, 0) is 62.8 Å². The maximum absolute atomic E-state index is 12.4. The summed E-state index contributed by atoms with van der Waals surface area (Å²) in [6.45, 7) is 5.73. The molecule has 0 heterocycles. The molecule has 1 atom stereocenters. The molecular formula is C15H24N2O2S. The molecule has 0 amide bonds. The van der Waals surface area contributed by atoms with Crippen LogP contribution in [0.25, 0.3) is 0 Å². The van der Waals surface area contributed by atoms with Crippen molar-refractivity contribution in [2.24, 2.45) is 5.92 Å². The lowest BCUT2D eigenvalue weighted by atomic mass is 10.0. The van der Waals surface area contributed by atoms with Gasteiger partial charge in [0.05, 0.1) is 4.90 Å². The number of benzene rings is 1. The lowest BCUT2D eigenvalue weighted by Gasteiger charge is -2.20. The molecular weight excluding hydrogens is 272 g/mol. The normalized spacial score (nSPS) is 18.4. The van der Waals surface area contributed by atoms with Crippen molar-refractivity contribution < 1.29 is 8.42 Å². The van der Waals surface area contributed by atoms with Crippen molar-refractivity contribution >= 4 is 15.7 Å². The standard InChI is InChI=1S/C15H24N2O2S/c1-10-8-14(9-15(16)11(10)2)20(18,19)17-12(3)13-6-4-5-7-13/h8-9,12-13,17H,4-7,16H2,1-3H3. The average Bonchev–Trinajstić information content (AvgIpc) is 2.88. The molecule has 20 heavy (non-hydrogen) atoms. The van der Waals surface area contributed by atoms with Gasteiger partial charge in [0.15, 0.2) is 0 Å². The summed E-state index contributed by atoms with van der Waals surface area (Å²) in [6, 6.07) is 3.21. The van der Waals surface area contributed by atoms with Crippen LogP contribution in [0.1, 0.15) is 43.7 Å². The SMILES string of the molecule is Cc1cc(S(=O)(=O)NC(C)C2CCCC2)cc(N)c1C. The van der Waals surface area contributed by atoms with E-state index < -0.39 is 10.0 Å². The van der Waals surface area contributed by atoms with E-state index in [1.54, 1.807) is 12.1 Å². The molecule has 5 heteroatoms. The number of nitrogens with two attached hydrogens (primary N) is 1. The molecule has 4 nitrogen and oxygen atoms in total. The first-order valence-electron chi connectivity index (χ1n) is 7.20. The molecule has 0 bridgehead atoms. The van der Waals surface area contributed by atoms with Gasteiger partial charge in [-0.15, -0.1) is 0 Å². The number of hydrogen-bond acceptors (Lipinski definition) is 3. The van der Waals surface area contributed by atoms with E-state index in [0.29, 0.717) is 11.6 Å². The summed E-state index contributed by atoms with van der Waals surface area (Å²) in [7, 11) is -3.49. The molecule has 0 spiro atoms. The van der Waals surface area contributed by atoms with Gasteiger partial charge >= 0.3 is 0 Å². The third-order valence-electron chi connectivity index (χ3n) is 4.44. The minimum absolute atomic E-state index is 0.0228. The fraction of sp³-hybridized carbons (Fsp3) is 0.600. The third kappa shape index (κ3) is 3.15. The Bertz CT molecular complexity index is 567. The molecule has 1 aromatic rings. The van der Waals surface area contributed by atoms with Crippen LogP contribution in [0.4, 0.5) is 5.69 Å². The molecule has 112 valence electrons. The molecule has 2 rings (SSSR count). The minimum atomic E-state index is -3.49. The highest BCUT2D eigenvalue weighted by atomic mass is 32.2. The van der Waals surface area contributed by atoms with Crippen molar-refractivity contribution in [3.05, 3.63) is 23.3 Å². The fourth-order valence-electron chi connectivity index (χ4n) is 2.87.